The molecule has 0 spiro atoms. The molecule has 31 heavy (non-hydrogen) atoms. The van der Waals surface area contributed by atoms with E-state index < -0.39 is 15.7 Å². The maximum absolute atomic E-state index is 13.4. The summed E-state index contributed by atoms with van der Waals surface area (Å²) >= 11 is 0. The van der Waals surface area contributed by atoms with Crippen molar-refractivity contribution in [2.75, 3.05) is 13.3 Å². The van der Waals surface area contributed by atoms with Crippen molar-refractivity contribution >= 4 is 22.0 Å². The standard InChI is InChI=1S/C22H20N4O4S/c1-26-20(27)22(25-21(26)23,17-8-10-19(11-9-17)30-31(2,28)29)18-7-3-5-15(13-18)16-6-4-12-24-14-16/h3-14H,1-2H3,(H2,23,25). The van der Waals surface area contributed by atoms with Gasteiger partial charge in [-0.2, -0.15) is 8.42 Å². The van der Waals surface area contributed by atoms with Crippen LogP contribution in [0.1, 0.15) is 11.1 Å². The number of carbonyl (C=O) groups excluding carboxylic acids is 1. The highest BCUT2D eigenvalue weighted by molar-refractivity contribution is 7.86. The van der Waals surface area contributed by atoms with Crippen LogP contribution < -0.4 is 9.92 Å². The van der Waals surface area contributed by atoms with E-state index in [0.717, 1.165) is 17.4 Å². The van der Waals surface area contributed by atoms with Crippen molar-refractivity contribution in [3.8, 4) is 16.9 Å². The Morgan fingerprint density at radius 1 is 1.00 bits per heavy atom. The maximum atomic E-state index is 13.4. The Labute approximate surface area is 180 Å². The smallest absolute Gasteiger partial charge is 0.306 e. The predicted molar refractivity (Wildman–Crippen MR) is 117 cm³/mol. The van der Waals surface area contributed by atoms with Gasteiger partial charge in [-0.25, -0.2) is 4.99 Å². The molecule has 158 valence electrons. The fourth-order valence-electron chi connectivity index (χ4n) is 3.57. The minimum Gasteiger partial charge on any atom is -0.383 e. The maximum Gasteiger partial charge on any atom is 0.306 e. The Hall–Kier alpha value is -3.72. The SMILES string of the molecule is CN1C(=O)C(c2ccc(OS(C)(=O)=O)cc2)(c2cccc(-c3cccnc3)c2)N=C1N. The number of likely N-dealkylation sites (N-methyl/N-ethyl adjacent to an activating group) is 1. The molecular weight excluding hydrogens is 416 g/mol. The van der Waals surface area contributed by atoms with Crippen molar-refractivity contribution in [1.82, 2.24) is 9.88 Å². The summed E-state index contributed by atoms with van der Waals surface area (Å²) in [6, 6.07) is 17.4. The Morgan fingerprint density at radius 3 is 2.29 bits per heavy atom. The average Bonchev–Trinajstić information content (AvgIpc) is 2.99. The minimum absolute atomic E-state index is 0.0910. The van der Waals surface area contributed by atoms with Crippen LogP contribution >= 0.6 is 0 Å². The van der Waals surface area contributed by atoms with Gasteiger partial charge in [-0.15, -0.1) is 0 Å². The van der Waals surface area contributed by atoms with Crippen LogP contribution in [0, 0.1) is 0 Å². The molecule has 0 bridgehead atoms. The Balaban J connectivity index is 1.86. The lowest BCUT2D eigenvalue weighted by atomic mass is 9.82. The molecule has 1 aliphatic heterocycles. The monoisotopic (exact) mass is 436 g/mol. The van der Waals surface area contributed by atoms with Gasteiger partial charge in [0.05, 0.1) is 6.26 Å². The molecule has 1 aromatic heterocycles. The van der Waals surface area contributed by atoms with Gasteiger partial charge in [0, 0.05) is 19.4 Å². The van der Waals surface area contributed by atoms with E-state index in [1.807, 2.05) is 36.4 Å². The average molecular weight is 436 g/mol. The van der Waals surface area contributed by atoms with E-state index in [2.05, 4.69) is 9.98 Å². The van der Waals surface area contributed by atoms with E-state index in [9.17, 15) is 13.2 Å². The summed E-state index contributed by atoms with van der Waals surface area (Å²) in [7, 11) is -2.11. The number of nitrogens with two attached hydrogens (primary N) is 1. The molecule has 1 amide bonds. The van der Waals surface area contributed by atoms with Crippen LogP contribution in [-0.4, -0.2) is 43.5 Å². The summed E-state index contributed by atoms with van der Waals surface area (Å²) in [6.45, 7) is 0. The van der Waals surface area contributed by atoms with Gasteiger partial charge in [-0.3, -0.25) is 14.7 Å². The van der Waals surface area contributed by atoms with E-state index in [1.54, 1.807) is 31.6 Å². The first-order valence-corrected chi connectivity index (χ1v) is 11.2. The summed E-state index contributed by atoms with van der Waals surface area (Å²) < 4.78 is 27.7. The number of benzene rings is 2. The second-order valence-electron chi connectivity index (χ2n) is 7.18. The van der Waals surface area contributed by atoms with Gasteiger partial charge in [0.25, 0.3) is 5.91 Å². The summed E-state index contributed by atoms with van der Waals surface area (Å²) in [4.78, 5) is 23.4. The van der Waals surface area contributed by atoms with Crippen LogP contribution in [-0.2, 0) is 20.5 Å². The number of rotatable bonds is 5. The van der Waals surface area contributed by atoms with E-state index in [0.29, 0.717) is 11.1 Å². The first-order chi connectivity index (χ1) is 14.7. The Kier molecular flexibility index (Phi) is 4.98. The Morgan fingerprint density at radius 2 is 1.71 bits per heavy atom. The van der Waals surface area contributed by atoms with Crippen LogP contribution in [0.5, 0.6) is 5.75 Å². The van der Waals surface area contributed by atoms with Gasteiger partial charge in [-0.1, -0.05) is 36.4 Å². The van der Waals surface area contributed by atoms with Gasteiger partial charge < -0.3 is 9.92 Å². The largest absolute Gasteiger partial charge is 0.383 e. The van der Waals surface area contributed by atoms with Crippen LogP contribution in [0.25, 0.3) is 11.1 Å². The molecule has 9 heteroatoms. The van der Waals surface area contributed by atoms with Gasteiger partial charge in [0.1, 0.15) is 5.75 Å². The fraction of sp³-hybridized carbons (Fsp3) is 0.136. The molecule has 2 aromatic carbocycles. The van der Waals surface area contributed by atoms with E-state index in [1.165, 1.54) is 17.0 Å². The minimum atomic E-state index is -3.67. The van der Waals surface area contributed by atoms with Crippen LogP contribution in [0.2, 0.25) is 0 Å². The van der Waals surface area contributed by atoms with Crippen molar-refractivity contribution in [2.24, 2.45) is 10.7 Å². The number of amides is 1. The zero-order chi connectivity index (χ0) is 22.2. The van der Waals surface area contributed by atoms with Gasteiger partial charge in [0.15, 0.2) is 11.5 Å². The molecule has 0 saturated heterocycles. The quantitative estimate of drug-likeness (QED) is 0.613. The highest BCUT2D eigenvalue weighted by atomic mass is 32.2. The lowest BCUT2D eigenvalue weighted by Gasteiger charge is -2.26. The molecule has 1 aliphatic rings. The summed E-state index contributed by atoms with van der Waals surface area (Å²) in [5, 5.41) is 0. The highest BCUT2D eigenvalue weighted by Gasteiger charge is 2.49. The molecule has 0 aliphatic carbocycles. The normalized spacial score (nSPS) is 18.7. The van der Waals surface area contributed by atoms with Crippen molar-refractivity contribution in [3.05, 3.63) is 84.2 Å². The summed E-state index contributed by atoms with van der Waals surface area (Å²) in [6.07, 6.45) is 4.39. The van der Waals surface area contributed by atoms with Gasteiger partial charge in [-0.05, 0) is 46.5 Å². The topological polar surface area (TPSA) is 115 Å². The number of nitrogens with zero attached hydrogens (tertiary/aromatic N) is 3. The lowest BCUT2D eigenvalue weighted by molar-refractivity contribution is -0.129. The number of aromatic nitrogens is 1. The second kappa shape index (κ2) is 7.51. The zero-order valence-electron chi connectivity index (χ0n) is 16.9. The molecule has 2 heterocycles. The summed E-state index contributed by atoms with van der Waals surface area (Å²) in [5.74, 6) is -0.0837. The van der Waals surface area contributed by atoms with Crippen LogP contribution in [0.3, 0.4) is 0 Å². The van der Waals surface area contributed by atoms with Crippen molar-refractivity contribution in [3.63, 3.8) is 0 Å². The summed E-state index contributed by atoms with van der Waals surface area (Å²) in [5.41, 5.74) is 7.55. The number of pyridine rings is 1. The molecule has 0 fully saturated rings. The highest BCUT2D eigenvalue weighted by Crippen LogP contribution is 2.41. The van der Waals surface area contributed by atoms with E-state index >= 15 is 0 Å². The van der Waals surface area contributed by atoms with Crippen LogP contribution in [0.4, 0.5) is 0 Å². The molecule has 8 nitrogen and oxygen atoms in total. The predicted octanol–water partition coefficient (Wildman–Crippen LogP) is 2.12. The third kappa shape index (κ3) is 3.75. The first kappa shape index (κ1) is 20.5. The van der Waals surface area contributed by atoms with Crippen molar-refractivity contribution in [1.29, 1.82) is 0 Å². The molecule has 1 unspecified atom stereocenters. The van der Waals surface area contributed by atoms with E-state index in [4.69, 9.17) is 9.92 Å². The first-order valence-electron chi connectivity index (χ1n) is 9.35. The molecule has 2 N–H and O–H groups in total. The van der Waals surface area contributed by atoms with Crippen molar-refractivity contribution < 1.29 is 17.4 Å². The third-order valence-electron chi connectivity index (χ3n) is 5.03. The third-order valence-corrected chi connectivity index (χ3v) is 5.53. The van der Waals surface area contributed by atoms with Gasteiger partial charge in [0.2, 0.25) is 0 Å². The fourth-order valence-corrected chi connectivity index (χ4v) is 4.03. The number of hydrogen-bond acceptors (Lipinski definition) is 7. The molecule has 0 saturated carbocycles. The molecular formula is C22H20N4O4S. The van der Waals surface area contributed by atoms with Crippen LogP contribution in [0.15, 0.2) is 78.0 Å². The second-order valence-corrected chi connectivity index (χ2v) is 8.75. The van der Waals surface area contributed by atoms with E-state index in [-0.39, 0.29) is 17.6 Å². The Bertz CT molecular complexity index is 1270. The molecule has 4 rings (SSSR count). The molecule has 3 aromatic rings. The molecule has 0 radical (unpaired) electrons. The number of hydrogen-bond donors (Lipinski definition) is 1. The lowest BCUT2D eigenvalue weighted by Crippen LogP contribution is -2.41. The number of carbonyl (C=O) groups is 1. The number of aliphatic imine (C=N–C) groups is 1. The van der Waals surface area contributed by atoms with Crippen molar-refractivity contribution in [2.45, 2.75) is 5.54 Å². The zero-order valence-corrected chi connectivity index (χ0v) is 17.7. The number of guanidine groups is 1. The van der Waals surface area contributed by atoms with Gasteiger partial charge >= 0.3 is 10.1 Å². The molecule has 1 atom stereocenters.